The van der Waals surface area contributed by atoms with E-state index in [2.05, 4.69) is 0 Å². The molecule has 0 atom stereocenters. The minimum Gasteiger partial charge on any atom is -0.294 e. The van der Waals surface area contributed by atoms with Crippen LogP contribution in [0.1, 0.15) is 42.6 Å². The van der Waals surface area contributed by atoms with E-state index >= 15 is 0 Å². The lowest BCUT2D eigenvalue weighted by molar-refractivity contribution is 0.0964. The molecule has 1 aliphatic carbocycles. The van der Waals surface area contributed by atoms with Crippen LogP contribution < -0.4 is 0 Å². The van der Waals surface area contributed by atoms with E-state index < -0.39 is 15.1 Å². The van der Waals surface area contributed by atoms with E-state index in [0.717, 1.165) is 18.4 Å². The largest absolute Gasteiger partial charge is 0.294 e. The molecular weight excluding hydrogens is 248 g/mol. The molecule has 0 aliphatic heterocycles. The molecule has 0 spiro atoms. The quantitative estimate of drug-likeness (QED) is 0.787. The number of hydrogen-bond donors (Lipinski definition) is 0. The van der Waals surface area contributed by atoms with Crippen molar-refractivity contribution < 1.29 is 13.2 Å². The predicted molar refractivity (Wildman–Crippen MR) is 70.6 cm³/mol. The second-order valence-electron chi connectivity index (χ2n) is 5.23. The Morgan fingerprint density at radius 1 is 1.28 bits per heavy atom. The van der Waals surface area contributed by atoms with Crippen LogP contribution in [-0.4, -0.2) is 19.5 Å². The van der Waals surface area contributed by atoms with E-state index in [1.165, 1.54) is 0 Å². The van der Waals surface area contributed by atoms with Gasteiger partial charge in [-0.1, -0.05) is 11.6 Å². The van der Waals surface area contributed by atoms with Crippen molar-refractivity contribution in [3.63, 3.8) is 0 Å². The predicted octanol–water partition coefficient (Wildman–Crippen LogP) is 2.77. The molecule has 1 aromatic rings. The van der Waals surface area contributed by atoms with Crippen molar-refractivity contribution in [3.8, 4) is 0 Å². The Morgan fingerprint density at radius 2 is 1.89 bits per heavy atom. The molecule has 0 radical (unpaired) electrons. The summed E-state index contributed by atoms with van der Waals surface area (Å²) in [4.78, 5) is 12.4. The van der Waals surface area contributed by atoms with Gasteiger partial charge in [0.05, 0.1) is 10.1 Å². The summed E-state index contributed by atoms with van der Waals surface area (Å²) >= 11 is 0. The summed E-state index contributed by atoms with van der Waals surface area (Å²) in [6.07, 6.45) is 1.77. The number of benzene rings is 1. The summed E-state index contributed by atoms with van der Waals surface area (Å²) in [5.74, 6) is 0.0193. The van der Waals surface area contributed by atoms with Crippen LogP contribution in [0.3, 0.4) is 0 Å². The molecule has 98 valence electrons. The van der Waals surface area contributed by atoms with E-state index in [4.69, 9.17) is 0 Å². The van der Waals surface area contributed by atoms with Crippen LogP contribution in [0.4, 0.5) is 0 Å². The highest BCUT2D eigenvalue weighted by atomic mass is 32.2. The lowest BCUT2D eigenvalue weighted by atomic mass is 10.0. The van der Waals surface area contributed by atoms with Gasteiger partial charge in [-0.25, -0.2) is 8.42 Å². The topological polar surface area (TPSA) is 51.2 Å². The molecule has 18 heavy (non-hydrogen) atoms. The van der Waals surface area contributed by atoms with Gasteiger partial charge in [0, 0.05) is 11.5 Å². The lowest BCUT2D eigenvalue weighted by Gasteiger charge is -2.13. The van der Waals surface area contributed by atoms with Gasteiger partial charge in [-0.2, -0.15) is 0 Å². The molecular formula is C14H18O3S. The fourth-order valence-corrected chi connectivity index (χ4v) is 3.14. The summed E-state index contributed by atoms with van der Waals surface area (Å²) in [5.41, 5.74) is 1.30. The molecule has 1 aliphatic rings. The van der Waals surface area contributed by atoms with Crippen molar-refractivity contribution in [3.05, 3.63) is 29.3 Å². The smallest absolute Gasteiger partial charge is 0.181 e. The van der Waals surface area contributed by atoms with Gasteiger partial charge in [0.25, 0.3) is 0 Å². The number of sulfone groups is 1. The van der Waals surface area contributed by atoms with E-state index in [-0.39, 0.29) is 16.6 Å². The Labute approximate surface area is 108 Å². The van der Waals surface area contributed by atoms with Crippen molar-refractivity contribution in [1.29, 1.82) is 0 Å². The molecule has 0 aromatic heterocycles. The molecule has 1 fully saturated rings. The van der Waals surface area contributed by atoms with Crippen molar-refractivity contribution in [2.75, 3.05) is 0 Å². The first kappa shape index (κ1) is 13.3. The van der Waals surface area contributed by atoms with Crippen molar-refractivity contribution >= 4 is 15.6 Å². The summed E-state index contributed by atoms with van der Waals surface area (Å²) in [7, 11) is -3.40. The molecule has 1 saturated carbocycles. The fourth-order valence-electron chi connectivity index (χ4n) is 1.90. The summed E-state index contributed by atoms with van der Waals surface area (Å²) in [5, 5.41) is -0.508. The lowest BCUT2D eigenvalue weighted by Crippen LogP contribution is -2.18. The number of rotatable bonds is 4. The van der Waals surface area contributed by atoms with Crippen LogP contribution in [0.25, 0.3) is 0 Å². The monoisotopic (exact) mass is 266 g/mol. The van der Waals surface area contributed by atoms with Crippen molar-refractivity contribution in [2.45, 2.75) is 43.8 Å². The van der Waals surface area contributed by atoms with E-state index in [9.17, 15) is 13.2 Å². The van der Waals surface area contributed by atoms with Gasteiger partial charge in [-0.05, 0) is 45.7 Å². The van der Waals surface area contributed by atoms with E-state index in [1.54, 1.807) is 32.0 Å². The third kappa shape index (κ3) is 2.34. The number of Topliss-reactive ketones (excluding diaryl/α,β-unsaturated/α-hetero) is 1. The minimum absolute atomic E-state index is 0.0158. The molecule has 4 heteroatoms. The average molecular weight is 266 g/mol. The molecule has 0 unspecified atom stereocenters. The maximum absolute atomic E-state index is 12.3. The maximum Gasteiger partial charge on any atom is 0.181 e. The van der Waals surface area contributed by atoms with Gasteiger partial charge in [-0.3, -0.25) is 4.79 Å². The Kier molecular flexibility index (Phi) is 3.32. The average Bonchev–Trinajstić information content (AvgIpc) is 3.11. The summed E-state index contributed by atoms with van der Waals surface area (Å²) in [6, 6.07) is 5.02. The first-order valence-electron chi connectivity index (χ1n) is 6.23. The van der Waals surface area contributed by atoms with Gasteiger partial charge in [0.2, 0.25) is 0 Å². The van der Waals surface area contributed by atoms with Gasteiger partial charge >= 0.3 is 0 Å². The molecule has 2 rings (SSSR count). The molecule has 0 heterocycles. The standard InChI is InChI=1S/C14H18O3S/c1-9(2)18(16,17)13-7-4-10(3)8-12(13)14(15)11-5-6-11/h4,7-9,11H,5-6H2,1-3H3. The number of carbonyl (C=O) groups is 1. The van der Waals surface area contributed by atoms with Crippen LogP contribution in [0, 0.1) is 12.8 Å². The Balaban J connectivity index is 2.57. The minimum atomic E-state index is -3.40. The third-order valence-electron chi connectivity index (χ3n) is 3.28. The Morgan fingerprint density at radius 3 is 2.39 bits per heavy atom. The van der Waals surface area contributed by atoms with Gasteiger partial charge < -0.3 is 0 Å². The van der Waals surface area contributed by atoms with Gasteiger partial charge in [-0.15, -0.1) is 0 Å². The van der Waals surface area contributed by atoms with Crippen molar-refractivity contribution in [2.24, 2.45) is 5.92 Å². The zero-order valence-electron chi connectivity index (χ0n) is 10.9. The maximum atomic E-state index is 12.3. The van der Waals surface area contributed by atoms with Crippen LogP contribution in [0.2, 0.25) is 0 Å². The highest BCUT2D eigenvalue weighted by Gasteiger charge is 2.34. The molecule has 0 amide bonds. The Bertz CT molecular complexity index is 581. The highest BCUT2D eigenvalue weighted by Crippen LogP contribution is 2.35. The van der Waals surface area contributed by atoms with Crippen LogP contribution in [0.15, 0.2) is 23.1 Å². The van der Waals surface area contributed by atoms with E-state index in [1.807, 2.05) is 6.92 Å². The molecule has 0 saturated heterocycles. The second kappa shape index (κ2) is 4.50. The number of ketones is 1. The van der Waals surface area contributed by atoms with Gasteiger partial charge in [0.1, 0.15) is 0 Å². The Hall–Kier alpha value is -1.16. The molecule has 1 aromatic carbocycles. The molecule has 0 bridgehead atoms. The van der Waals surface area contributed by atoms with Crippen LogP contribution >= 0.6 is 0 Å². The second-order valence-corrected chi connectivity index (χ2v) is 7.70. The number of aryl methyl sites for hydroxylation is 1. The third-order valence-corrected chi connectivity index (χ3v) is 5.49. The number of hydrogen-bond acceptors (Lipinski definition) is 3. The first-order chi connectivity index (χ1) is 8.34. The highest BCUT2D eigenvalue weighted by molar-refractivity contribution is 7.92. The number of carbonyl (C=O) groups excluding carboxylic acids is 1. The zero-order chi connectivity index (χ0) is 13.5. The van der Waals surface area contributed by atoms with Gasteiger partial charge in [0.15, 0.2) is 15.6 Å². The molecule has 3 nitrogen and oxygen atoms in total. The van der Waals surface area contributed by atoms with E-state index in [0.29, 0.717) is 5.56 Å². The molecule has 0 N–H and O–H groups in total. The SMILES string of the molecule is Cc1ccc(S(=O)(=O)C(C)C)c(C(=O)C2CC2)c1. The van der Waals surface area contributed by atoms with Crippen molar-refractivity contribution in [1.82, 2.24) is 0 Å². The van der Waals surface area contributed by atoms with Crippen LogP contribution in [-0.2, 0) is 9.84 Å². The fraction of sp³-hybridized carbons (Fsp3) is 0.500. The normalized spacial score (nSPS) is 16.0. The summed E-state index contributed by atoms with van der Waals surface area (Å²) < 4.78 is 24.5. The zero-order valence-corrected chi connectivity index (χ0v) is 11.8. The van der Waals surface area contributed by atoms with Crippen LogP contribution in [0.5, 0.6) is 0 Å². The first-order valence-corrected chi connectivity index (χ1v) is 7.77. The summed E-state index contributed by atoms with van der Waals surface area (Å²) in [6.45, 7) is 5.15.